The Balaban J connectivity index is 1.62. The number of hydrogen-bond acceptors (Lipinski definition) is 5. The zero-order chi connectivity index (χ0) is 14.5. The zero-order valence-corrected chi connectivity index (χ0v) is 13.1. The summed E-state index contributed by atoms with van der Waals surface area (Å²) in [4.78, 5) is 4.49. The molecule has 5 heteroatoms. The highest BCUT2D eigenvalue weighted by molar-refractivity contribution is 7.99. The molecule has 0 saturated heterocycles. The summed E-state index contributed by atoms with van der Waals surface area (Å²) in [7, 11) is 1.65. The van der Waals surface area contributed by atoms with Crippen molar-refractivity contribution in [2.24, 2.45) is 0 Å². The highest BCUT2D eigenvalue weighted by Gasteiger charge is 2.16. The third-order valence-electron chi connectivity index (χ3n) is 3.79. The normalized spacial score (nSPS) is 16.0. The van der Waals surface area contributed by atoms with Crippen molar-refractivity contribution in [2.45, 2.75) is 43.1 Å². The molecule has 1 fully saturated rings. The maximum atomic E-state index is 5.36. The van der Waals surface area contributed by atoms with Crippen LogP contribution in [0.5, 0.6) is 5.75 Å². The smallest absolute Gasteiger partial charge is 0.236 e. The standard InChI is InChI=1S/C16H20N2O2S/c1-19-13-7-5-6-12(10-13)16-17-15(20-18-16)11-21-14-8-3-2-4-9-14/h5-7,10,14H,2-4,8-9,11H2,1H3. The monoisotopic (exact) mass is 304 g/mol. The average Bonchev–Trinajstić information content (AvgIpc) is 3.03. The zero-order valence-electron chi connectivity index (χ0n) is 12.2. The van der Waals surface area contributed by atoms with Gasteiger partial charge in [-0.05, 0) is 25.0 Å². The lowest BCUT2D eigenvalue weighted by Crippen LogP contribution is -2.08. The second-order valence-corrected chi connectivity index (χ2v) is 6.60. The molecule has 112 valence electrons. The van der Waals surface area contributed by atoms with Gasteiger partial charge >= 0.3 is 0 Å². The van der Waals surface area contributed by atoms with E-state index in [1.165, 1.54) is 32.1 Å². The van der Waals surface area contributed by atoms with Gasteiger partial charge in [-0.25, -0.2) is 0 Å². The number of benzene rings is 1. The van der Waals surface area contributed by atoms with Gasteiger partial charge in [-0.3, -0.25) is 0 Å². The van der Waals surface area contributed by atoms with Gasteiger partial charge in [0.2, 0.25) is 11.7 Å². The molecule has 1 aliphatic carbocycles. The lowest BCUT2D eigenvalue weighted by Gasteiger charge is -2.19. The SMILES string of the molecule is COc1cccc(-c2noc(CSC3CCCCC3)n2)c1. The van der Waals surface area contributed by atoms with E-state index in [9.17, 15) is 0 Å². The molecule has 0 bridgehead atoms. The number of rotatable bonds is 5. The number of ether oxygens (including phenoxy) is 1. The van der Waals surface area contributed by atoms with Gasteiger partial charge in [0.25, 0.3) is 0 Å². The predicted octanol–water partition coefficient (Wildman–Crippen LogP) is 4.31. The summed E-state index contributed by atoms with van der Waals surface area (Å²) in [6.45, 7) is 0. The average molecular weight is 304 g/mol. The topological polar surface area (TPSA) is 48.2 Å². The third-order valence-corrected chi connectivity index (χ3v) is 5.15. The quantitative estimate of drug-likeness (QED) is 0.823. The molecule has 0 N–H and O–H groups in total. The number of methoxy groups -OCH3 is 1. The van der Waals surface area contributed by atoms with Gasteiger partial charge < -0.3 is 9.26 Å². The summed E-state index contributed by atoms with van der Waals surface area (Å²) >= 11 is 1.95. The molecule has 21 heavy (non-hydrogen) atoms. The minimum atomic E-state index is 0.633. The van der Waals surface area contributed by atoms with Crippen molar-refractivity contribution in [1.82, 2.24) is 10.1 Å². The maximum absolute atomic E-state index is 5.36. The molecule has 1 saturated carbocycles. The minimum Gasteiger partial charge on any atom is -0.497 e. The molecule has 0 amide bonds. The first-order valence-electron chi connectivity index (χ1n) is 7.44. The van der Waals surface area contributed by atoms with E-state index < -0.39 is 0 Å². The van der Waals surface area contributed by atoms with Crippen molar-refractivity contribution >= 4 is 11.8 Å². The van der Waals surface area contributed by atoms with Crippen LogP contribution < -0.4 is 4.74 Å². The molecule has 0 spiro atoms. The summed E-state index contributed by atoms with van der Waals surface area (Å²) in [6, 6.07) is 7.72. The second kappa shape index (κ2) is 6.98. The van der Waals surface area contributed by atoms with Crippen LogP contribution in [-0.2, 0) is 5.75 Å². The van der Waals surface area contributed by atoms with Gasteiger partial charge in [0.1, 0.15) is 5.75 Å². The Morgan fingerprint density at radius 2 is 2.14 bits per heavy atom. The van der Waals surface area contributed by atoms with Crippen molar-refractivity contribution in [3.05, 3.63) is 30.2 Å². The molecule has 4 nitrogen and oxygen atoms in total. The van der Waals surface area contributed by atoms with Crippen molar-refractivity contribution in [3.8, 4) is 17.1 Å². The summed E-state index contributed by atoms with van der Waals surface area (Å²) in [5, 5.41) is 4.83. The summed E-state index contributed by atoms with van der Waals surface area (Å²) in [5.41, 5.74) is 0.923. The molecule has 1 aromatic heterocycles. The predicted molar refractivity (Wildman–Crippen MR) is 84.5 cm³/mol. The van der Waals surface area contributed by atoms with E-state index in [1.807, 2.05) is 36.0 Å². The number of aromatic nitrogens is 2. The first-order valence-corrected chi connectivity index (χ1v) is 8.48. The lowest BCUT2D eigenvalue weighted by atomic mass is 10.0. The fourth-order valence-electron chi connectivity index (χ4n) is 2.61. The highest BCUT2D eigenvalue weighted by atomic mass is 32.2. The lowest BCUT2D eigenvalue weighted by molar-refractivity contribution is 0.391. The van der Waals surface area contributed by atoms with Crippen LogP contribution >= 0.6 is 11.8 Å². The van der Waals surface area contributed by atoms with Crippen molar-refractivity contribution in [1.29, 1.82) is 0 Å². The highest BCUT2D eigenvalue weighted by Crippen LogP contribution is 2.30. The molecule has 1 heterocycles. The minimum absolute atomic E-state index is 0.633. The van der Waals surface area contributed by atoms with Gasteiger partial charge in [0.15, 0.2) is 0 Å². The van der Waals surface area contributed by atoms with Gasteiger partial charge in [-0.1, -0.05) is 36.6 Å². The van der Waals surface area contributed by atoms with Gasteiger partial charge in [-0.2, -0.15) is 4.98 Å². The van der Waals surface area contributed by atoms with Gasteiger partial charge in [0.05, 0.1) is 12.9 Å². The molecule has 0 atom stereocenters. The fourth-order valence-corrected chi connectivity index (χ4v) is 3.78. The van der Waals surface area contributed by atoms with Crippen LogP contribution in [0, 0.1) is 0 Å². The van der Waals surface area contributed by atoms with Crippen molar-refractivity contribution in [3.63, 3.8) is 0 Å². The van der Waals surface area contributed by atoms with Crippen LogP contribution in [0.3, 0.4) is 0 Å². The van der Waals surface area contributed by atoms with E-state index in [2.05, 4.69) is 10.1 Å². The van der Waals surface area contributed by atoms with Crippen LogP contribution in [0.1, 0.15) is 38.0 Å². The fraction of sp³-hybridized carbons (Fsp3) is 0.500. The Labute approximate surface area is 129 Å². The van der Waals surface area contributed by atoms with Crippen molar-refractivity contribution < 1.29 is 9.26 Å². The molecule has 0 unspecified atom stereocenters. The van der Waals surface area contributed by atoms with Crippen LogP contribution in [0.4, 0.5) is 0 Å². The summed E-state index contributed by atoms with van der Waals surface area (Å²) < 4.78 is 10.6. The largest absolute Gasteiger partial charge is 0.497 e. The summed E-state index contributed by atoms with van der Waals surface area (Å²) in [5.74, 6) is 2.95. The molecule has 1 aromatic carbocycles. The number of nitrogens with zero attached hydrogens (tertiary/aromatic N) is 2. The molecular formula is C16H20N2O2S. The van der Waals surface area contributed by atoms with E-state index in [-0.39, 0.29) is 0 Å². The van der Waals surface area contributed by atoms with Crippen LogP contribution in [0.15, 0.2) is 28.8 Å². The first-order chi connectivity index (χ1) is 10.3. The Bertz CT molecular complexity index is 579. The Morgan fingerprint density at radius 3 is 2.95 bits per heavy atom. The summed E-state index contributed by atoms with van der Waals surface area (Å²) in [6.07, 6.45) is 6.74. The van der Waals surface area contributed by atoms with E-state index in [4.69, 9.17) is 9.26 Å². The van der Waals surface area contributed by atoms with E-state index in [1.54, 1.807) is 7.11 Å². The number of thioether (sulfide) groups is 1. The second-order valence-electron chi connectivity index (χ2n) is 5.31. The molecule has 0 radical (unpaired) electrons. The molecule has 2 aromatic rings. The number of hydrogen-bond donors (Lipinski definition) is 0. The van der Waals surface area contributed by atoms with Crippen LogP contribution in [0.25, 0.3) is 11.4 Å². The molecular weight excluding hydrogens is 284 g/mol. The van der Waals surface area contributed by atoms with E-state index in [0.717, 1.165) is 22.3 Å². The van der Waals surface area contributed by atoms with E-state index in [0.29, 0.717) is 11.7 Å². The van der Waals surface area contributed by atoms with Crippen molar-refractivity contribution in [2.75, 3.05) is 7.11 Å². The molecule has 3 rings (SSSR count). The van der Waals surface area contributed by atoms with E-state index >= 15 is 0 Å². The maximum Gasteiger partial charge on any atom is 0.236 e. The Hall–Kier alpha value is -1.49. The first kappa shape index (κ1) is 14.4. The Kier molecular flexibility index (Phi) is 4.80. The van der Waals surface area contributed by atoms with Crippen LogP contribution in [0.2, 0.25) is 0 Å². The molecule has 0 aliphatic heterocycles. The third kappa shape index (κ3) is 3.79. The Morgan fingerprint density at radius 1 is 1.29 bits per heavy atom. The van der Waals surface area contributed by atoms with Crippen LogP contribution in [-0.4, -0.2) is 22.5 Å². The van der Waals surface area contributed by atoms with Gasteiger partial charge in [0, 0.05) is 10.8 Å². The molecule has 1 aliphatic rings. The van der Waals surface area contributed by atoms with Gasteiger partial charge in [-0.15, -0.1) is 11.8 Å².